The van der Waals surface area contributed by atoms with E-state index in [1.54, 1.807) is 19.2 Å². The number of thiophene rings is 1. The molecule has 0 saturated heterocycles. The topological polar surface area (TPSA) is 26.3 Å². The third kappa shape index (κ3) is 1.38. The summed E-state index contributed by atoms with van der Waals surface area (Å²) in [7, 11) is 1.55. The normalized spacial score (nSPS) is 10.4. The Bertz CT molecular complexity index is 490. The number of carbonyl (C=O) groups excluding carboxylic acids is 1. The van der Waals surface area contributed by atoms with E-state index in [1.165, 1.54) is 11.3 Å². The van der Waals surface area contributed by atoms with Gasteiger partial charge in [0.2, 0.25) is 0 Å². The monoisotopic (exact) mass is 226 g/mol. The molecule has 0 fully saturated rings. The zero-order valence-corrected chi connectivity index (χ0v) is 8.98. The highest BCUT2D eigenvalue weighted by molar-refractivity contribution is 7.21. The number of halogens is 1. The van der Waals surface area contributed by atoms with E-state index in [9.17, 15) is 4.79 Å². The fourth-order valence-electron chi connectivity index (χ4n) is 1.35. The molecule has 0 unspecified atom stereocenters. The van der Waals surface area contributed by atoms with Crippen molar-refractivity contribution in [3.8, 4) is 5.75 Å². The molecule has 0 aliphatic rings. The Morgan fingerprint density at radius 1 is 1.50 bits per heavy atom. The summed E-state index contributed by atoms with van der Waals surface area (Å²) >= 11 is 7.27. The van der Waals surface area contributed by atoms with Gasteiger partial charge in [0, 0.05) is 15.1 Å². The third-order valence-corrected chi connectivity index (χ3v) is 3.25. The van der Waals surface area contributed by atoms with Crippen LogP contribution >= 0.6 is 22.9 Å². The predicted molar refractivity (Wildman–Crippen MR) is 58.8 cm³/mol. The summed E-state index contributed by atoms with van der Waals surface area (Å²) in [6.07, 6.45) is 0.803. The molecule has 0 radical (unpaired) electrons. The lowest BCUT2D eigenvalue weighted by Crippen LogP contribution is -1.84. The Labute approximate surface area is 90.1 Å². The highest BCUT2D eigenvalue weighted by Gasteiger charge is 2.11. The fraction of sp³-hybridized carbons (Fsp3) is 0.100. The van der Waals surface area contributed by atoms with Crippen molar-refractivity contribution >= 4 is 39.3 Å². The molecule has 0 aliphatic heterocycles. The summed E-state index contributed by atoms with van der Waals surface area (Å²) in [6.45, 7) is 0. The van der Waals surface area contributed by atoms with Crippen molar-refractivity contribution < 1.29 is 9.53 Å². The zero-order chi connectivity index (χ0) is 10.1. The molecule has 0 spiro atoms. The van der Waals surface area contributed by atoms with Crippen LogP contribution in [0.5, 0.6) is 5.75 Å². The van der Waals surface area contributed by atoms with Gasteiger partial charge in [-0.15, -0.1) is 11.3 Å². The van der Waals surface area contributed by atoms with Crippen LogP contribution in [0.25, 0.3) is 10.1 Å². The molecule has 2 rings (SSSR count). The number of rotatable bonds is 2. The lowest BCUT2D eigenvalue weighted by molar-refractivity contribution is 0.112. The van der Waals surface area contributed by atoms with Crippen molar-refractivity contribution in [2.24, 2.45) is 0 Å². The van der Waals surface area contributed by atoms with Crippen LogP contribution in [-0.4, -0.2) is 13.4 Å². The number of ether oxygens (including phenoxy) is 1. The number of hydrogen-bond donors (Lipinski definition) is 0. The number of fused-ring (bicyclic) bond motifs is 1. The van der Waals surface area contributed by atoms with Crippen molar-refractivity contribution in [1.82, 2.24) is 0 Å². The number of aldehydes is 1. The summed E-state index contributed by atoms with van der Waals surface area (Å²) in [6, 6.07) is 5.49. The van der Waals surface area contributed by atoms with Gasteiger partial charge in [-0.3, -0.25) is 4.79 Å². The Morgan fingerprint density at radius 3 is 2.93 bits per heavy atom. The summed E-state index contributed by atoms with van der Waals surface area (Å²) in [5.74, 6) is 0.613. The van der Waals surface area contributed by atoms with Gasteiger partial charge in [-0.1, -0.05) is 11.6 Å². The Kier molecular flexibility index (Phi) is 2.44. The molecule has 0 bridgehead atoms. The minimum atomic E-state index is 0.602. The molecule has 2 aromatic rings. The average molecular weight is 227 g/mol. The second kappa shape index (κ2) is 3.59. The summed E-state index contributed by atoms with van der Waals surface area (Å²) in [5.41, 5.74) is 0. The third-order valence-electron chi connectivity index (χ3n) is 1.94. The molecule has 14 heavy (non-hydrogen) atoms. The standard InChI is InChI=1S/C10H7ClO2S/c1-13-10-7-4-6(11)2-3-8(7)14-9(10)5-12/h2-5H,1H3. The molecule has 1 aromatic heterocycles. The Morgan fingerprint density at radius 2 is 2.29 bits per heavy atom. The van der Waals surface area contributed by atoms with E-state index >= 15 is 0 Å². The molecular formula is C10H7ClO2S. The van der Waals surface area contributed by atoms with Gasteiger partial charge in [-0.05, 0) is 18.2 Å². The minimum Gasteiger partial charge on any atom is -0.494 e. The van der Waals surface area contributed by atoms with Gasteiger partial charge < -0.3 is 4.74 Å². The first-order chi connectivity index (χ1) is 6.76. The average Bonchev–Trinajstić information content (AvgIpc) is 2.54. The van der Waals surface area contributed by atoms with Gasteiger partial charge in [0.05, 0.1) is 7.11 Å². The maximum absolute atomic E-state index is 10.7. The molecule has 0 amide bonds. The van der Waals surface area contributed by atoms with E-state index in [2.05, 4.69) is 0 Å². The summed E-state index contributed by atoms with van der Waals surface area (Å²) in [5, 5.41) is 1.54. The summed E-state index contributed by atoms with van der Waals surface area (Å²) < 4.78 is 6.17. The first-order valence-corrected chi connectivity index (χ1v) is 5.17. The second-order valence-corrected chi connectivity index (χ2v) is 4.28. The summed E-state index contributed by atoms with van der Waals surface area (Å²) in [4.78, 5) is 11.3. The van der Waals surface area contributed by atoms with E-state index < -0.39 is 0 Å². The molecule has 0 atom stereocenters. The molecule has 0 saturated carbocycles. The van der Waals surface area contributed by atoms with Crippen LogP contribution in [0.2, 0.25) is 5.02 Å². The fourth-order valence-corrected chi connectivity index (χ4v) is 2.50. The maximum Gasteiger partial charge on any atom is 0.163 e. The highest BCUT2D eigenvalue weighted by Crippen LogP contribution is 2.37. The quantitative estimate of drug-likeness (QED) is 0.734. The Balaban J connectivity index is 2.81. The van der Waals surface area contributed by atoms with Gasteiger partial charge in [-0.25, -0.2) is 0 Å². The van der Waals surface area contributed by atoms with Crippen LogP contribution in [0, 0.1) is 0 Å². The van der Waals surface area contributed by atoms with Gasteiger partial charge in [0.1, 0.15) is 10.6 Å². The molecule has 72 valence electrons. The van der Waals surface area contributed by atoms with Gasteiger partial charge in [0.15, 0.2) is 6.29 Å². The molecule has 1 aromatic carbocycles. The lowest BCUT2D eigenvalue weighted by Gasteiger charge is -1.97. The number of benzene rings is 1. The first-order valence-electron chi connectivity index (χ1n) is 3.97. The van der Waals surface area contributed by atoms with Crippen molar-refractivity contribution in [3.05, 3.63) is 28.1 Å². The molecule has 2 nitrogen and oxygen atoms in total. The molecule has 4 heteroatoms. The van der Waals surface area contributed by atoms with Crippen molar-refractivity contribution in [1.29, 1.82) is 0 Å². The van der Waals surface area contributed by atoms with Gasteiger partial charge in [-0.2, -0.15) is 0 Å². The van der Waals surface area contributed by atoms with Crippen LogP contribution in [0.4, 0.5) is 0 Å². The van der Waals surface area contributed by atoms with Gasteiger partial charge in [0.25, 0.3) is 0 Å². The van der Waals surface area contributed by atoms with E-state index in [4.69, 9.17) is 16.3 Å². The molecule has 0 N–H and O–H groups in total. The largest absolute Gasteiger partial charge is 0.494 e. The second-order valence-electron chi connectivity index (χ2n) is 2.76. The van der Waals surface area contributed by atoms with Crippen LogP contribution in [-0.2, 0) is 0 Å². The van der Waals surface area contributed by atoms with E-state index in [1.807, 2.05) is 6.07 Å². The van der Waals surface area contributed by atoms with E-state index in [0.29, 0.717) is 15.6 Å². The first kappa shape index (κ1) is 9.49. The van der Waals surface area contributed by atoms with Crippen LogP contribution < -0.4 is 4.74 Å². The highest BCUT2D eigenvalue weighted by atomic mass is 35.5. The Hall–Kier alpha value is -1.06. The zero-order valence-electron chi connectivity index (χ0n) is 7.41. The molecular weight excluding hydrogens is 220 g/mol. The number of carbonyl (C=O) groups is 1. The van der Waals surface area contributed by atoms with E-state index in [0.717, 1.165) is 16.4 Å². The van der Waals surface area contributed by atoms with E-state index in [-0.39, 0.29) is 0 Å². The number of methoxy groups -OCH3 is 1. The number of hydrogen-bond acceptors (Lipinski definition) is 3. The lowest BCUT2D eigenvalue weighted by atomic mass is 10.2. The van der Waals surface area contributed by atoms with Crippen LogP contribution in [0.15, 0.2) is 18.2 Å². The predicted octanol–water partition coefficient (Wildman–Crippen LogP) is 3.38. The molecule has 1 heterocycles. The maximum atomic E-state index is 10.7. The van der Waals surface area contributed by atoms with Crippen LogP contribution in [0.3, 0.4) is 0 Å². The van der Waals surface area contributed by atoms with Crippen molar-refractivity contribution in [2.75, 3.05) is 7.11 Å². The SMILES string of the molecule is COc1c(C=O)sc2ccc(Cl)cc12. The smallest absolute Gasteiger partial charge is 0.163 e. The van der Waals surface area contributed by atoms with Crippen molar-refractivity contribution in [3.63, 3.8) is 0 Å². The minimum absolute atomic E-state index is 0.602. The van der Waals surface area contributed by atoms with Crippen LogP contribution in [0.1, 0.15) is 9.67 Å². The van der Waals surface area contributed by atoms with Gasteiger partial charge >= 0.3 is 0 Å². The van der Waals surface area contributed by atoms with Crippen molar-refractivity contribution in [2.45, 2.75) is 0 Å². The molecule has 0 aliphatic carbocycles.